The molecule has 146 valence electrons. The lowest BCUT2D eigenvalue weighted by molar-refractivity contribution is -0.384. The molecule has 1 aromatic rings. The average Bonchev–Trinajstić information content (AvgIpc) is 2.69. The van der Waals surface area contributed by atoms with Crippen molar-refractivity contribution in [1.82, 2.24) is 10.2 Å². The molecule has 2 aliphatic heterocycles. The van der Waals surface area contributed by atoms with Crippen molar-refractivity contribution in [3.63, 3.8) is 0 Å². The van der Waals surface area contributed by atoms with Gasteiger partial charge in [0.1, 0.15) is 5.69 Å². The number of nitrogens with zero attached hydrogens (tertiary/aromatic N) is 3. The predicted molar refractivity (Wildman–Crippen MR) is 102 cm³/mol. The number of piperidine rings is 2. The van der Waals surface area contributed by atoms with Crippen molar-refractivity contribution in [3.8, 4) is 0 Å². The van der Waals surface area contributed by atoms with Gasteiger partial charge in [0.05, 0.1) is 4.92 Å². The molecule has 27 heavy (non-hydrogen) atoms. The lowest BCUT2D eigenvalue weighted by Crippen LogP contribution is -2.42. The molecular weight excluding hydrogens is 348 g/mol. The monoisotopic (exact) mass is 374 g/mol. The van der Waals surface area contributed by atoms with E-state index in [1.807, 2.05) is 9.80 Å². The Balaban J connectivity index is 1.65. The zero-order valence-electron chi connectivity index (χ0n) is 15.6. The molecule has 0 aromatic heterocycles. The number of nitro benzene ring substituents is 1. The first-order valence-electron chi connectivity index (χ1n) is 9.53. The molecule has 0 bridgehead atoms. The molecule has 2 heterocycles. The van der Waals surface area contributed by atoms with Crippen LogP contribution in [0, 0.1) is 16.0 Å². The fourth-order valence-electron chi connectivity index (χ4n) is 3.95. The number of carbonyl (C=O) groups is 2. The van der Waals surface area contributed by atoms with Crippen LogP contribution in [0.2, 0.25) is 0 Å². The van der Waals surface area contributed by atoms with Crippen molar-refractivity contribution in [3.05, 3.63) is 33.9 Å². The Hall–Kier alpha value is -2.64. The number of rotatable bonds is 5. The fraction of sp³-hybridized carbons (Fsp3) is 0.579. The first kappa shape index (κ1) is 19.1. The fourth-order valence-corrected chi connectivity index (χ4v) is 3.95. The van der Waals surface area contributed by atoms with Crippen LogP contribution in [0.25, 0.3) is 0 Å². The van der Waals surface area contributed by atoms with Crippen molar-refractivity contribution in [1.29, 1.82) is 0 Å². The SMILES string of the molecule is CNC(=O)c1ccc(N2CCC(CN3CCCCC3=O)CC2)c([N+](=O)[O-])c1. The van der Waals surface area contributed by atoms with Gasteiger partial charge < -0.3 is 15.1 Å². The molecular formula is C19H26N4O4. The molecule has 0 saturated carbocycles. The first-order chi connectivity index (χ1) is 13.0. The number of amides is 2. The number of hydrogen-bond acceptors (Lipinski definition) is 5. The third-order valence-electron chi connectivity index (χ3n) is 5.52. The summed E-state index contributed by atoms with van der Waals surface area (Å²) in [5.41, 5.74) is 0.798. The van der Waals surface area contributed by atoms with Crippen molar-refractivity contribution in [2.45, 2.75) is 32.1 Å². The van der Waals surface area contributed by atoms with E-state index in [0.29, 0.717) is 31.1 Å². The average molecular weight is 374 g/mol. The highest BCUT2D eigenvalue weighted by atomic mass is 16.6. The van der Waals surface area contributed by atoms with Crippen LogP contribution in [0.3, 0.4) is 0 Å². The van der Waals surface area contributed by atoms with Gasteiger partial charge in [-0.25, -0.2) is 0 Å². The quantitative estimate of drug-likeness (QED) is 0.629. The van der Waals surface area contributed by atoms with Crippen LogP contribution in [0.15, 0.2) is 18.2 Å². The van der Waals surface area contributed by atoms with Gasteiger partial charge in [-0.2, -0.15) is 0 Å². The molecule has 0 atom stereocenters. The van der Waals surface area contributed by atoms with Crippen LogP contribution in [-0.4, -0.2) is 54.9 Å². The number of carbonyl (C=O) groups excluding carboxylic acids is 2. The van der Waals surface area contributed by atoms with Crippen molar-refractivity contribution in [2.24, 2.45) is 5.92 Å². The first-order valence-corrected chi connectivity index (χ1v) is 9.53. The largest absolute Gasteiger partial charge is 0.366 e. The van der Waals surface area contributed by atoms with Crippen LogP contribution >= 0.6 is 0 Å². The summed E-state index contributed by atoms with van der Waals surface area (Å²) in [7, 11) is 1.50. The highest BCUT2D eigenvalue weighted by Gasteiger charge is 2.28. The summed E-state index contributed by atoms with van der Waals surface area (Å²) >= 11 is 0. The maximum Gasteiger partial charge on any atom is 0.293 e. The second-order valence-electron chi connectivity index (χ2n) is 7.27. The molecule has 2 fully saturated rings. The topological polar surface area (TPSA) is 95.8 Å². The maximum absolute atomic E-state index is 12.0. The number of benzene rings is 1. The molecule has 8 nitrogen and oxygen atoms in total. The Labute approximate surface area is 158 Å². The smallest absolute Gasteiger partial charge is 0.293 e. The standard InChI is InChI=1S/C19H26N4O4/c1-20-19(25)15-5-6-16(17(12-15)23(26)27)21-10-7-14(8-11-21)13-22-9-3-2-4-18(22)24/h5-6,12,14H,2-4,7-11,13H2,1H3,(H,20,25). The summed E-state index contributed by atoms with van der Waals surface area (Å²) in [6.45, 7) is 3.08. The summed E-state index contributed by atoms with van der Waals surface area (Å²) in [6.07, 6.45) is 4.52. The second kappa shape index (κ2) is 8.37. The number of nitro groups is 1. The minimum atomic E-state index is -0.430. The van der Waals surface area contributed by atoms with Gasteiger partial charge in [-0.1, -0.05) is 0 Å². The Bertz CT molecular complexity index is 728. The van der Waals surface area contributed by atoms with Crippen LogP contribution < -0.4 is 10.2 Å². The Morgan fingerprint density at radius 2 is 2.00 bits per heavy atom. The number of likely N-dealkylation sites (tertiary alicyclic amines) is 1. The number of anilines is 1. The van der Waals surface area contributed by atoms with E-state index in [2.05, 4.69) is 5.32 Å². The zero-order valence-corrected chi connectivity index (χ0v) is 15.6. The molecule has 2 amide bonds. The van der Waals surface area contributed by atoms with E-state index >= 15 is 0 Å². The molecule has 0 radical (unpaired) electrons. The molecule has 2 aliphatic rings. The molecule has 2 saturated heterocycles. The molecule has 0 aliphatic carbocycles. The van der Waals surface area contributed by atoms with Gasteiger partial charge in [-0.15, -0.1) is 0 Å². The van der Waals surface area contributed by atoms with Crippen LogP contribution in [0.4, 0.5) is 11.4 Å². The number of hydrogen-bond donors (Lipinski definition) is 1. The van der Waals surface area contributed by atoms with Crippen molar-refractivity contribution < 1.29 is 14.5 Å². The van der Waals surface area contributed by atoms with Crippen molar-refractivity contribution in [2.75, 3.05) is 38.1 Å². The molecule has 0 spiro atoms. The van der Waals surface area contributed by atoms with Gasteiger partial charge in [0.2, 0.25) is 5.91 Å². The van der Waals surface area contributed by atoms with E-state index in [0.717, 1.165) is 38.8 Å². The third kappa shape index (κ3) is 4.37. The summed E-state index contributed by atoms with van der Waals surface area (Å²) in [5, 5.41) is 14.0. The van der Waals surface area contributed by atoms with E-state index in [1.165, 1.54) is 13.1 Å². The summed E-state index contributed by atoms with van der Waals surface area (Å²) < 4.78 is 0. The van der Waals surface area contributed by atoms with Gasteiger partial charge in [0.25, 0.3) is 11.6 Å². The Morgan fingerprint density at radius 3 is 2.63 bits per heavy atom. The minimum absolute atomic E-state index is 0.0410. The third-order valence-corrected chi connectivity index (χ3v) is 5.52. The minimum Gasteiger partial charge on any atom is -0.366 e. The van der Waals surface area contributed by atoms with Gasteiger partial charge in [-0.3, -0.25) is 19.7 Å². The van der Waals surface area contributed by atoms with Gasteiger partial charge >= 0.3 is 0 Å². The second-order valence-corrected chi connectivity index (χ2v) is 7.27. The lowest BCUT2D eigenvalue weighted by Gasteiger charge is -2.36. The lowest BCUT2D eigenvalue weighted by atomic mass is 9.94. The highest BCUT2D eigenvalue weighted by Crippen LogP contribution is 2.32. The van der Waals surface area contributed by atoms with E-state index < -0.39 is 4.92 Å². The molecule has 8 heteroatoms. The summed E-state index contributed by atoms with van der Waals surface area (Å²) in [4.78, 5) is 38.8. The molecule has 0 unspecified atom stereocenters. The molecule has 1 aromatic carbocycles. The van der Waals surface area contributed by atoms with E-state index in [9.17, 15) is 19.7 Å². The van der Waals surface area contributed by atoms with E-state index in [4.69, 9.17) is 0 Å². The molecule has 3 rings (SSSR count). The van der Waals surface area contributed by atoms with Crippen LogP contribution in [0.1, 0.15) is 42.5 Å². The Kier molecular flexibility index (Phi) is 5.93. The van der Waals surface area contributed by atoms with Crippen LogP contribution in [-0.2, 0) is 4.79 Å². The van der Waals surface area contributed by atoms with Crippen LogP contribution in [0.5, 0.6) is 0 Å². The van der Waals surface area contributed by atoms with E-state index in [-0.39, 0.29) is 23.1 Å². The predicted octanol–water partition coefficient (Wildman–Crippen LogP) is 2.18. The van der Waals surface area contributed by atoms with Crippen molar-refractivity contribution >= 4 is 23.2 Å². The highest BCUT2D eigenvalue weighted by molar-refractivity contribution is 5.95. The van der Waals surface area contributed by atoms with Gasteiger partial charge in [0, 0.05) is 51.3 Å². The normalized spacial score (nSPS) is 18.5. The molecule has 1 N–H and O–H groups in total. The van der Waals surface area contributed by atoms with E-state index in [1.54, 1.807) is 12.1 Å². The number of nitrogens with one attached hydrogen (secondary N) is 1. The Morgan fingerprint density at radius 1 is 1.26 bits per heavy atom. The zero-order chi connectivity index (χ0) is 19.4. The summed E-state index contributed by atoms with van der Waals surface area (Å²) in [6, 6.07) is 4.63. The van der Waals surface area contributed by atoms with Gasteiger partial charge in [0.15, 0.2) is 0 Å². The maximum atomic E-state index is 12.0. The van der Waals surface area contributed by atoms with Gasteiger partial charge in [-0.05, 0) is 43.7 Å². The summed E-state index contributed by atoms with van der Waals surface area (Å²) in [5.74, 6) is 0.353.